The molecule has 3 aromatic heterocycles. The number of nitrogens with zero attached hydrogens (tertiary/aromatic N) is 2. The molecule has 0 N–H and O–H groups in total. The minimum absolute atomic E-state index is 0.107. The molecule has 0 amide bonds. The summed E-state index contributed by atoms with van der Waals surface area (Å²) in [6, 6.07) is 33.9. The fourth-order valence-electron chi connectivity index (χ4n) is 9.56. The Morgan fingerprint density at radius 1 is 0.867 bits per heavy atom. The Hall–Kier alpha value is -6.28. The number of rotatable bonds is 11. The second-order valence-corrected chi connectivity index (χ2v) is 18.9. The number of allylic oxidation sites excluding steroid dienone is 8. The smallest absolute Gasteiger partial charge is 0.144 e. The number of anilines is 2. The zero-order valence-corrected chi connectivity index (χ0v) is 36.7. The molecule has 298 valence electrons. The maximum atomic E-state index is 7.18. The summed E-state index contributed by atoms with van der Waals surface area (Å²) in [7, 11) is 0. The molecule has 3 heterocycles. The van der Waals surface area contributed by atoms with E-state index in [1.165, 1.54) is 48.0 Å². The second-order valence-electron chi connectivity index (χ2n) is 17.8. The Labute approximate surface area is 358 Å². The van der Waals surface area contributed by atoms with Crippen LogP contribution < -0.4 is 4.90 Å². The van der Waals surface area contributed by atoms with Gasteiger partial charge in [-0.3, -0.25) is 0 Å². The fourth-order valence-corrected chi connectivity index (χ4v) is 10.7. The number of furan rings is 1. The molecule has 0 bridgehead atoms. The molecule has 3 nitrogen and oxygen atoms in total. The van der Waals surface area contributed by atoms with E-state index in [0.29, 0.717) is 0 Å². The Morgan fingerprint density at radius 3 is 2.37 bits per heavy atom. The number of aromatic nitrogens is 1. The molecule has 0 saturated heterocycles. The van der Waals surface area contributed by atoms with E-state index in [9.17, 15) is 0 Å². The Morgan fingerprint density at radius 2 is 1.62 bits per heavy atom. The van der Waals surface area contributed by atoms with Crippen LogP contribution in [0.2, 0.25) is 0 Å². The van der Waals surface area contributed by atoms with Crippen molar-refractivity contribution in [2.75, 3.05) is 4.90 Å². The lowest BCUT2D eigenvalue weighted by Crippen LogP contribution is -2.19. The molecule has 0 aliphatic heterocycles. The Kier molecular flexibility index (Phi) is 9.65. The third kappa shape index (κ3) is 6.10. The average molecular weight is 801 g/mol. The summed E-state index contributed by atoms with van der Waals surface area (Å²) in [5.74, 6) is 0.933. The molecule has 0 spiro atoms. The van der Waals surface area contributed by atoms with Crippen LogP contribution in [-0.2, 0) is 11.8 Å². The van der Waals surface area contributed by atoms with Gasteiger partial charge in [0.2, 0.25) is 0 Å². The zero-order valence-electron chi connectivity index (χ0n) is 35.9. The maximum absolute atomic E-state index is 7.18. The number of aryl methyl sites for hydroxylation is 2. The van der Waals surface area contributed by atoms with E-state index in [1.54, 1.807) is 0 Å². The van der Waals surface area contributed by atoms with Gasteiger partial charge in [-0.15, -0.1) is 17.9 Å². The van der Waals surface area contributed by atoms with E-state index < -0.39 is 0 Å². The summed E-state index contributed by atoms with van der Waals surface area (Å²) < 4.78 is 12.1. The molecule has 0 atom stereocenters. The summed E-state index contributed by atoms with van der Waals surface area (Å²) in [5, 5.41) is 5.95. The lowest BCUT2D eigenvalue weighted by atomic mass is 9.81. The van der Waals surface area contributed by atoms with E-state index >= 15 is 0 Å². The third-order valence-corrected chi connectivity index (χ3v) is 13.4. The van der Waals surface area contributed by atoms with Crippen LogP contribution in [0.15, 0.2) is 145 Å². The largest absolute Gasteiger partial charge is 0.460 e. The molecule has 8 aromatic rings. The van der Waals surface area contributed by atoms with Gasteiger partial charge in [0.15, 0.2) is 0 Å². The van der Waals surface area contributed by atoms with Gasteiger partial charge < -0.3 is 13.9 Å². The van der Waals surface area contributed by atoms with Crippen molar-refractivity contribution in [2.45, 2.75) is 73.1 Å². The molecule has 1 aliphatic rings. The van der Waals surface area contributed by atoms with Crippen molar-refractivity contribution in [1.82, 2.24) is 4.57 Å². The van der Waals surface area contributed by atoms with E-state index in [2.05, 4.69) is 187 Å². The van der Waals surface area contributed by atoms with Crippen molar-refractivity contribution >= 4 is 81.4 Å². The Bertz CT molecular complexity index is 3160. The fraction of sp³-hybridized carbons (Fsp3) is 0.214. The van der Waals surface area contributed by atoms with Gasteiger partial charge in [0, 0.05) is 70.3 Å². The minimum atomic E-state index is -0.326. The van der Waals surface area contributed by atoms with Crippen LogP contribution in [-0.4, -0.2) is 4.57 Å². The summed E-state index contributed by atoms with van der Waals surface area (Å²) in [6.45, 7) is 28.3. The first-order valence-corrected chi connectivity index (χ1v) is 21.8. The van der Waals surface area contributed by atoms with Gasteiger partial charge in [0.05, 0.1) is 16.7 Å². The molecule has 60 heavy (non-hydrogen) atoms. The number of hydrogen-bond donors (Lipinski definition) is 0. The SMILES string of the molecule is C=C/C=C(\C=C/CC(C)(C)C)N(c1cc2c(c3oc(C)c(CCC=C)c13)-c1c(ccc3sc4ccccc4c13)C2(C)C)c1c#ccc2c1c1ccccc1n2/C(C)=C/C=C. The van der Waals surface area contributed by atoms with Crippen LogP contribution in [0.1, 0.15) is 76.8 Å². The van der Waals surface area contributed by atoms with E-state index in [1.807, 2.05) is 29.6 Å². The first-order chi connectivity index (χ1) is 28.9. The Balaban J connectivity index is 1.45. The van der Waals surface area contributed by atoms with Gasteiger partial charge in [-0.2, -0.15) is 0 Å². The van der Waals surface area contributed by atoms with Crippen molar-refractivity contribution in [1.29, 1.82) is 0 Å². The minimum Gasteiger partial charge on any atom is -0.460 e. The molecule has 5 aromatic carbocycles. The molecular formula is C56H52N2OS. The highest BCUT2D eigenvalue weighted by atomic mass is 32.1. The normalized spacial score (nSPS) is 14.1. The lowest BCUT2D eigenvalue weighted by molar-refractivity contribution is 0.420. The number of benzene rings is 4. The standard InChI is InChI=1S/C56H52N2OS/c1-11-14-24-38-36(5)59-54-50(38)46(34-42-53(54)52-41(56(42,9)10)31-32-48-51(52)40-26-16-18-30-47(40)60-48)58(37(22-13-3)23-20-33-55(6,7)8)45-29-19-28-44-49(45)39-25-15-17-27-43(39)57(44)35(4)21-12-2/h11-13,15-18,20-23,25-28,30-32,34H,1-3,14,24,33H2,4-10H3/b23-20-,35-21+,37-22+. The summed E-state index contributed by atoms with van der Waals surface area (Å²) in [4.78, 5) is 2.41. The quantitative estimate of drug-likeness (QED) is 0.0960. The van der Waals surface area contributed by atoms with Gasteiger partial charge in [-0.25, -0.2) is 0 Å². The maximum Gasteiger partial charge on any atom is 0.144 e. The highest BCUT2D eigenvalue weighted by molar-refractivity contribution is 7.26. The molecule has 0 radical (unpaired) electrons. The molecule has 0 unspecified atom stereocenters. The number of fused-ring (bicyclic) bond motifs is 12. The van der Waals surface area contributed by atoms with Crippen molar-refractivity contribution in [3.05, 3.63) is 175 Å². The van der Waals surface area contributed by atoms with Crippen LogP contribution in [0, 0.1) is 24.5 Å². The predicted octanol–water partition coefficient (Wildman–Crippen LogP) is 16.5. The number of hydrogen-bond acceptors (Lipinski definition) is 3. The number of para-hydroxylation sites is 1. The van der Waals surface area contributed by atoms with Crippen molar-refractivity contribution in [3.63, 3.8) is 0 Å². The highest BCUT2D eigenvalue weighted by Gasteiger charge is 2.41. The molecule has 9 rings (SSSR count). The van der Waals surface area contributed by atoms with Gasteiger partial charge in [-0.05, 0) is 104 Å². The van der Waals surface area contributed by atoms with Crippen molar-refractivity contribution in [3.8, 4) is 11.1 Å². The van der Waals surface area contributed by atoms with Gasteiger partial charge in [-0.1, -0.05) is 121 Å². The first-order valence-electron chi connectivity index (χ1n) is 21.0. The molecular weight excluding hydrogens is 749 g/mol. The van der Waals surface area contributed by atoms with Crippen LogP contribution in [0.5, 0.6) is 0 Å². The summed E-state index contributed by atoms with van der Waals surface area (Å²) in [6.07, 6.45) is 17.1. The molecule has 0 saturated carbocycles. The van der Waals surface area contributed by atoms with Crippen LogP contribution >= 0.6 is 11.3 Å². The zero-order chi connectivity index (χ0) is 42.1. The average Bonchev–Trinajstić information content (AvgIpc) is 3.93. The third-order valence-electron chi connectivity index (χ3n) is 12.3. The summed E-state index contributed by atoms with van der Waals surface area (Å²) in [5.41, 5.74) is 13.1. The van der Waals surface area contributed by atoms with Crippen LogP contribution in [0.3, 0.4) is 0 Å². The van der Waals surface area contributed by atoms with Gasteiger partial charge in [0.25, 0.3) is 0 Å². The topological polar surface area (TPSA) is 21.3 Å². The lowest BCUT2D eigenvalue weighted by Gasteiger charge is -2.29. The van der Waals surface area contributed by atoms with Gasteiger partial charge in [0.1, 0.15) is 17.0 Å². The highest BCUT2D eigenvalue weighted by Crippen LogP contribution is 2.59. The van der Waals surface area contributed by atoms with E-state index in [0.717, 1.165) is 80.6 Å². The van der Waals surface area contributed by atoms with Crippen molar-refractivity contribution in [2.24, 2.45) is 5.41 Å². The molecule has 0 fully saturated rings. The van der Waals surface area contributed by atoms with Crippen LogP contribution in [0.25, 0.3) is 69.8 Å². The first kappa shape index (κ1) is 39.2. The van der Waals surface area contributed by atoms with E-state index in [4.69, 9.17) is 4.42 Å². The second kappa shape index (κ2) is 14.8. The summed E-state index contributed by atoms with van der Waals surface area (Å²) >= 11 is 1.87. The molecule has 1 aliphatic carbocycles. The van der Waals surface area contributed by atoms with Gasteiger partial charge >= 0.3 is 0 Å². The monoisotopic (exact) mass is 800 g/mol. The van der Waals surface area contributed by atoms with Crippen molar-refractivity contribution < 1.29 is 4.42 Å². The number of thiophene rings is 1. The van der Waals surface area contributed by atoms with Crippen LogP contribution in [0.4, 0.5) is 11.4 Å². The predicted molar refractivity (Wildman–Crippen MR) is 261 cm³/mol. The molecule has 4 heteroatoms. The van der Waals surface area contributed by atoms with E-state index in [-0.39, 0.29) is 10.8 Å².